The fourth-order valence-electron chi connectivity index (χ4n) is 3.11. The van der Waals surface area contributed by atoms with Gasteiger partial charge in [0.25, 0.3) is 5.91 Å². The second-order valence-electron chi connectivity index (χ2n) is 6.33. The molecule has 1 aromatic heterocycles. The number of primary sulfonamides is 1. The van der Waals surface area contributed by atoms with Crippen LogP contribution < -0.4 is 10.0 Å². The number of carbonyl (C=O) groups excluding carboxylic acids is 1. The highest BCUT2D eigenvalue weighted by Crippen LogP contribution is 2.38. The van der Waals surface area contributed by atoms with Gasteiger partial charge in [0.1, 0.15) is 0 Å². The van der Waals surface area contributed by atoms with Gasteiger partial charge in [0.2, 0.25) is 10.0 Å². The standard InChI is InChI=1S/C17H18F3N3O3S2/c18-17(19,20)13-11-12(28(21,25)26)4-5-14(13)22-6-2-7-23(9-8-22)16(24)15-3-1-10-27-15/h1,3-5,10-11H,2,6-9H2,(H2,21,25,26). The fraction of sp³-hybridized carbons (Fsp3) is 0.353. The normalized spacial score (nSPS) is 16.1. The summed E-state index contributed by atoms with van der Waals surface area (Å²) in [5, 5.41) is 6.76. The molecule has 2 heterocycles. The van der Waals surface area contributed by atoms with Crippen LogP contribution in [0.1, 0.15) is 21.7 Å². The summed E-state index contributed by atoms with van der Waals surface area (Å²) in [6.45, 7) is 1.22. The van der Waals surface area contributed by atoms with Crippen molar-refractivity contribution in [3.63, 3.8) is 0 Å². The Morgan fingerprint density at radius 3 is 2.46 bits per heavy atom. The van der Waals surface area contributed by atoms with E-state index in [1.165, 1.54) is 16.2 Å². The number of hydrogen-bond acceptors (Lipinski definition) is 5. The van der Waals surface area contributed by atoms with Crippen LogP contribution >= 0.6 is 11.3 Å². The third-order valence-electron chi connectivity index (χ3n) is 4.46. The van der Waals surface area contributed by atoms with Crippen LogP contribution in [0.5, 0.6) is 0 Å². The number of carbonyl (C=O) groups is 1. The van der Waals surface area contributed by atoms with Crippen molar-refractivity contribution in [2.24, 2.45) is 5.14 Å². The molecule has 0 unspecified atom stereocenters. The molecule has 1 aliphatic rings. The molecular weight excluding hydrogens is 415 g/mol. The first-order chi connectivity index (χ1) is 13.1. The number of thiophene rings is 1. The summed E-state index contributed by atoms with van der Waals surface area (Å²) in [7, 11) is -4.26. The minimum atomic E-state index is -4.74. The van der Waals surface area contributed by atoms with Crippen molar-refractivity contribution in [2.45, 2.75) is 17.5 Å². The molecule has 1 saturated heterocycles. The summed E-state index contributed by atoms with van der Waals surface area (Å²) in [5.74, 6) is -0.141. The van der Waals surface area contributed by atoms with E-state index in [-0.39, 0.29) is 24.7 Å². The lowest BCUT2D eigenvalue weighted by molar-refractivity contribution is -0.137. The van der Waals surface area contributed by atoms with E-state index >= 15 is 0 Å². The predicted octanol–water partition coefficient (Wildman–Crippen LogP) is 2.77. The third kappa shape index (κ3) is 4.47. The van der Waals surface area contributed by atoms with Crippen molar-refractivity contribution in [1.29, 1.82) is 0 Å². The van der Waals surface area contributed by atoms with Crippen LogP contribution in [-0.2, 0) is 16.2 Å². The summed E-state index contributed by atoms with van der Waals surface area (Å²) in [5.41, 5.74) is -1.18. The molecule has 0 spiro atoms. The monoisotopic (exact) mass is 433 g/mol. The number of amides is 1. The predicted molar refractivity (Wildman–Crippen MR) is 99.9 cm³/mol. The molecule has 152 valence electrons. The summed E-state index contributed by atoms with van der Waals surface area (Å²) in [4.78, 5) is 15.6. The Balaban J connectivity index is 1.86. The maximum absolute atomic E-state index is 13.5. The second-order valence-corrected chi connectivity index (χ2v) is 8.84. The molecule has 1 fully saturated rings. The Hall–Kier alpha value is -2.11. The average molecular weight is 433 g/mol. The van der Waals surface area contributed by atoms with Gasteiger partial charge in [-0.05, 0) is 36.1 Å². The highest BCUT2D eigenvalue weighted by molar-refractivity contribution is 7.89. The van der Waals surface area contributed by atoms with Crippen LogP contribution in [0.25, 0.3) is 0 Å². The summed E-state index contributed by atoms with van der Waals surface area (Å²) in [6, 6.07) is 6.23. The van der Waals surface area contributed by atoms with Gasteiger partial charge in [0.15, 0.2) is 0 Å². The topological polar surface area (TPSA) is 83.7 Å². The lowest BCUT2D eigenvalue weighted by atomic mass is 10.1. The number of nitrogens with zero attached hydrogens (tertiary/aromatic N) is 2. The Morgan fingerprint density at radius 2 is 1.86 bits per heavy atom. The number of rotatable bonds is 3. The van der Waals surface area contributed by atoms with Crippen LogP contribution in [0.2, 0.25) is 0 Å². The van der Waals surface area contributed by atoms with E-state index in [2.05, 4.69) is 0 Å². The Kier molecular flexibility index (Phi) is 5.69. The van der Waals surface area contributed by atoms with Gasteiger partial charge in [-0.15, -0.1) is 11.3 Å². The first-order valence-electron chi connectivity index (χ1n) is 8.39. The SMILES string of the molecule is NS(=O)(=O)c1ccc(N2CCCN(C(=O)c3cccs3)CC2)c(C(F)(F)F)c1. The maximum Gasteiger partial charge on any atom is 0.418 e. The van der Waals surface area contributed by atoms with Gasteiger partial charge in [-0.3, -0.25) is 4.79 Å². The maximum atomic E-state index is 13.5. The molecule has 6 nitrogen and oxygen atoms in total. The van der Waals surface area contributed by atoms with Gasteiger partial charge in [-0.2, -0.15) is 13.2 Å². The zero-order valence-electron chi connectivity index (χ0n) is 14.6. The molecule has 2 aromatic rings. The molecule has 0 bridgehead atoms. The fourth-order valence-corrected chi connectivity index (χ4v) is 4.34. The molecular formula is C17H18F3N3O3S2. The molecule has 0 radical (unpaired) electrons. The van der Waals surface area contributed by atoms with Crippen LogP contribution in [-0.4, -0.2) is 45.4 Å². The molecule has 1 aliphatic heterocycles. The summed E-state index contributed by atoms with van der Waals surface area (Å²) in [6.07, 6.45) is -4.25. The van der Waals surface area contributed by atoms with Crippen molar-refractivity contribution in [3.8, 4) is 0 Å². The minimum absolute atomic E-state index is 0.120. The van der Waals surface area contributed by atoms with Crippen LogP contribution in [0.3, 0.4) is 0 Å². The van der Waals surface area contributed by atoms with E-state index in [1.807, 2.05) is 0 Å². The van der Waals surface area contributed by atoms with Crippen LogP contribution in [0, 0.1) is 0 Å². The quantitative estimate of drug-likeness (QED) is 0.807. The highest BCUT2D eigenvalue weighted by Gasteiger charge is 2.36. The van der Waals surface area contributed by atoms with Crippen molar-refractivity contribution >= 4 is 33.0 Å². The number of sulfonamides is 1. The van der Waals surface area contributed by atoms with Crippen molar-refractivity contribution in [3.05, 3.63) is 46.2 Å². The van der Waals surface area contributed by atoms with Crippen LogP contribution in [0.4, 0.5) is 18.9 Å². The van der Waals surface area contributed by atoms with Gasteiger partial charge in [0.05, 0.1) is 15.3 Å². The van der Waals surface area contributed by atoms with E-state index in [4.69, 9.17) is 5.14 Å². The molecule has 28 heavy (non-hydrogen) atoms. The minimum Gasteiger partial charge on any atom is -0.369 e. The van der Waals surface area contributed by atoms with Crippen LogP contribution in [0.15, 0.2) is 40.6 Å². The van der Waals surface area contributed by atoms with E-state index in [1.54, 1.807) is 22.4 Å². The molecule has 0 aliphatic carbocycles. The van der Waals surface area contributed by atoms with Crippen molar-refractivity contribution in [2.75, 3.05) is 31.1 Å². The average Bonchev–Trinajstić information content (AvgIpc) is 3.04. The number of hydrogen-bond donors (Lipinski definition) is 1. The van der Waals surface area contributed by atoms with Gasteiger partial charge in [-0.25, -0.2) is 13.6 Å². The zero-order chi connectivity index (χ0) is 20.5. The Bertz CT molecular complexity index is 960. The number of halogens is 3. The zero-order valence-corrected chi connectivity index (χ0v) is 16.3. The number of benzene rings is 1. The van der Waals surface area contributed by atoms with Crippen molar-refractivity contribution in [1.82, 2.24) is 4.90 Å². The van der Waals surface area contributed by atoms with E-state index in [0.29, 0.717) is 30.5 Å². The summed E-state index contributed by atoms with van der Waals surface area (Å²) < 4.78 is 63.5. The van der Waals surface area contributed by atoms with Crippen molar-refractivity contribution < 1.29 is 26.4 Å². The molecule has 0 atom stereocenters. The number of anilines is 1. The third-order valence-corrected chi connectivity index (χ3v) is 6.23. The smallest absolute Gasteiger partial charge is 0.369 e. The first kappa shape index (κ1) is 20.6. The van der Waals surface area contributed by atoms with Gasteiger partial charge in [0, 0.05) is 31.9 Å². The van der Waals surface area contributed by atoms with Gasteiger partial charge >= 0.3 is 6.18 Å². The lowest BCUT2D eigenvalue weighted by Crippen LogP contribution is -2.35. The number of alkyl halides is 3. The molecule has 3 rings (SSSR count). The van der Waals surface area contributed by atoms with Gasteiger partial charge < -0.3 is 9.80 Å². The lowest BCUT2D eigenvalue weighted by Gasteiger charge is -2.27. The molecule has 1 amide bonds. The molecule has 1 aromatic carbocycles. The highest BCUT2D eigenvalue weighted by atomic mass is 32.2. The first-order valence-corrected chi connectivity index (χ1v) is 10.8. The molecule has 2 N–H and O–H groups in total. The van der Waals surface area contributed by atoms with E-state index < -0.39 is 26.7 Å². The molecule has 11 heteroatoms. The van der Waals surface area contributed by atoms with Gasteiger partial charge in [-0.1, -0.05) is 6.07 Å². The van der Waals surface area contributed by atoms with E-state index in [0.717, 1.165) is 12.1 Å². The second kappa shape index (κ2) is 7.72. The molecule has 0 saturated carbocycles. The van der Waals surface area contributed by atoms with E-state index in [9.17, 15) is 26.4 Å². The largest absolute Gasteiger partial charge is 0.418 e. The summed E-state index contributed by atoms with van der Waals surface area (Å²) >= 11 is 1.32. The number of nitrogens with two attached hydrogens (primary N) is 1. The Labute approximate surface area is 164 Å². The Morgan fingerprint density at radius 1 is 1.11 bits per heavy atom.